The van der Waals surface area contributed by atoms with E-state index in [1.807, 2.05) is 0 Å². The maximum Gasteiger partial charge on any atom is 0.105 e. The summed E-state index contributed by atoms with van der Waals surface area (Å²) in [5, 5.41) is 0. The Labute approximate surface area is 320 Å². The molecule has 0 radical (unpaired) electrons. The van der Waals surface area contributed by atoms with Crippen LogP contribution in [-0.4, -0.2) is 17.6 Å². The van der Waals surface area contributed by atoms with Gasteiger partial charge in [-0.3, -0.25) is 0 Å². The van der Waals surface area contributed by atoms with Crippen LogP contribution in [0.4, 0.5) is 0 Å². The lowest BCUT2D eigenvalue weighted by molar-refractivity contribution is -0.954. The van der Waals surface area contributed by atoms with Crippen LogP contribution < -0.4 is 0 Å². The van der Waals surface area contributed by atoms with E-state index in [4.69, 9.17) is 0 Å². The first-order chi connectivity index (χ1) is 25.3. The molecule has 0 aromatic heterocycles. The third-order valence-corrected chi connectivity index (χ3v) is 11.7. The van der Waals surface area contributed by atoms with Crippen LogP contribution in [0.2, 0.25) is 0 Å². The van der Waals surface area contributed by atoms with Crippen molar-refractivity contribution in [2.24, 2.45) is 0 Å². The molecule has 292 valence electrons. The molecular weight excluding hydrogens is 615 g/mol. The summed E-state index contributed by atoms with van der Waals surface area (Å²) in [6, 6.07) is 22.8. The van der Waals surface area contributed by atoms with E-state index in [0.717, 1.165) is 0 Å². The average molecular weight is 703 g/mol. The van der Waals surface area contributed by atoms with E-state index in [9.17, 15) is 0 Å². The summed E-state index contributed by atoms with van der Waals surface area (Å²) in [7, 11) is 0. The van der Waals surface area contributed by atoms with Crippen molar-refractivity contribution >= 4 is 0 Å². The Morgan fingerprint density at radius 1 is 0.275 bits per heavy atom. The van der Waals surface area contributed by atoms with Crippen LogP contribution in [-0.2, 0) is 13.1 Å². The average Bonchev–Trinajstić information content (AvgIpc) is 3.15. The molecule has 0 amide bonds. The molecule has 0 saturated heterocycles. The number of quaternary nitrogens is 1. The summed E-state index contributed by atoms with van der Waals surface area (Å²) in [5.41, 5.74) is 3.03. The Hall–Kier alpha value is -1.60. The molecule has 2 rings (SSSR count). The molecule has 2 aromatic carbocycles. The third-order valence-electron chi connectivity index (χ3n) is 11.7. The van der Waals surface area contributed by atoms with Gasteiger partial charge in [0.05, 0.1) is 13.1 Å². The van der Waals surface area contributed by atoms with E-state index < -0.39 is 0 Å². The minimum atomic E-state index is 1.17. The monoisotopic (exact) mass is 703 g/mol. The van der Waals surface area contributed by atoms with E-state index in [1.165, 1.54) is 247 Å². The summed E-state index contributed by atoms with van der Waals surface area (Å²) >= 11 is 0. The van der Waals surface area contributed by atoms with Gasteiger partial charge in [-0.2, -0.15) is 0 Å². The molecule has 0 unspecified atom stereocenters. The molecule has 0 saturated carbocycles. The minimum absolute atomic E-state index is 1.17. The SMILES string of the molecule is CCCCCCCCCCCCCCCCCC[N+](CCCCCCCCCCCCCCCCCC)(Cc1ccccc1)Cc1ccccc1. The molecule has 0 spiro atoms. The summed E-state index contributed by atoms with van der Waals surface area (Å²) < 4.78 is 1.23. The number of rotatable bonds is 38. The standard InChI is InChI=1S/C50H88N/c1-3-5-7-9-11-13-15-17-19-21-23-25-27-29-31-39-45-51(47-49-41-35-33-36-42-49,48-50-43-37-34-38-44-50)46-40-32-30-28-26-24-22-20-18-16-14-12-10-8-6-4-2/h33-38,41-44H,3-32,39-40,45-48H2,1-2H3/q+1. The topological polar surface area (TPSA) is 0 Å². The molecule has 0 heterocycles. The summed E-state index contributed by atoms with van der Waals surface area (Å²) in [6.45, 7) is 9.61. The molecule has 51 heavy (non-hydrogen) atoms. The molecule has 2 aromatic rings. The second-order valence-corrected chi connectivity index (χ2v) is 16.7. The van der Waals surface area contributed by atoms with Crippen molar-refractivity contribution in [2.45, 2.75) is 232 Å². The fourth-order valence-electron chi connectivity index (χ4n) is 8.42. The van der Waals surface area contributed by atoms with E-state index in [1.54, 1.807) is 0 Å². The Morgan fingerprint density at radius 2 is 0.490 bits per heavy atom. The van der Waals surface area contributed by atoms with E-state index in [0.29, 0.717) is 0 Å². The quantitative estimate of drug-likeness (QED) is 0.0483. The predicted octanol–water partition coefficient (Wildman–Crippen LogP) is 16.7. The second-order valence-electron chi connectivity index (χ2n) is 16.7. The molecular formula is C50H88N+. The van der Waals surface area contributed by atoms with Crippen molar-refractivity contribution in [3.8, 4) is 0 Å². The highest BCUT2D eigenvalue weighted by molar-refractivity contribution is 5.15. The summed E-state index contributed by atoms with van der Waals surface area (Å²) in [6.07, 6.45) is 46.1. The molecule has 0 fully saturated rings. The largest absolute Gasteiger partial charge is 0.316 e. The van der Waals surface area contributed by atoms with Gasteiger partial charge in [0.15, 0.2) is 0 Å². The Bertz CT molecular complexity index is 872. The van der Waals surface area contributed by atoms with Gasteiger partial charge in [-0.05, 0) is 25.7 Å². The van der Waals surface area contributed by atoms with Crippen LogP contribution in [0, 0.1) is 0 Å². The highest BCUT2D eigenvalue weighted by Gasteiger charge is 2.27. The van der Waals surface area contributed by atoms with Gasteiger partial charge < -0.3 is 4.48 Å². The Morgan fingerprint density at radius 3 is 0.725 bits per heavy atom. The highest BCUT2D eigenvalue weighted by atomic mass is 15.3. The Balaban J connectivity index is 1.68. The molecule has 1 heteroatoms. The van der Waals surface area contributed by atoms with Crippen molar-refractivity contribution in [3.63, 3.8) is 0 Å². The van der Waals surface area contributed by atoms with Crippen molar-refractivity contribution in [1.82, 2.24) is 0 Å². The minimum Gasteiger partial charge on any atom is -0.316 e. The molecule has 0 atom stereocenters. The molecule has 0 bridgehead atoms. The van der Waals surface area contributed by atoms with E-state index in [-0.39, 0.29) is 0 Å². The lowest BCUT2D eigenvalue weighted by Crippen LogP contribution is -2.48. The van der Waals surface area contributed by atoms with Crippen molar-refractivity contribution in [3.05, 3.63) is 71.8 Å². The van der Waals surface area contributed by atoms with Gasteiger partial charge in [0.1, 0.15) is 13.1 Å². The van der Waals surface area contributed by atoms with Gasteiger partial charge in [0.2, 0.25) is 0 Å². The fraction of sp³-hybridized carbons (Fsp3) is 0.760. The zero-order valence-electron chi connectivity index (χ0n) is 34.7. The first-order valence-electron chi connectivity index (χ1n) is 23.2. The number of nitrogens with zero attached hydrogens (tertiary/aromatic N) is 1. The third kappa shape index (κ3) is 26.8. The lowest BCUT2D eigenvalue weighted by atomic mass is 10.0. The number of unbranched alkanes of at least 4 members (excludes halogenated alkanes) is 30. The lowest BCUT2D eigenvalue weighted by Gasteiger charge is -2.39. The van der Waals surface area contributed by atoms with Crippen molar-refractivity contribution < 1.29 is 4.48 Å². The van der Waals surface area contributed by atoms with Crippen LogP contribution >= 0.6 is 0 Å². The smallest absolute Gasteiger partial charge is 0.105 e. The zero-order chi connectivity index (χ0) is 36.2. The van der Waals surface area contributed by atoms with Gasteiger partial charge in [-0.1, -0.05) is 254 Å². The first-order valence-corrected chi connectivity index (χ1v) is 23.2. The number of hydrogen-bond donors (Lipinski definition) is 0. The number of benzene rings is 2. The van der Waals surface area contributed by atoms with Crippen LogP contribution in [0.25, 0.3) is 0 Å². The maximum atomic E-state index is 2.37. The van der Waals surface area contributed by atoms with Gasteiger partial charge >= 0.3 is 0 Å². The Kier molecular flexibility index (Phi) is 30.5. The van der Waals surface area contributed by atoms with Crippen molar-refractivity contribution in [1.29, 1.82) is 0 Å². The normalized spacial score (nSPS) is 11.8. The van der Waals surface area contributed by atoms with Crippen LogP contribution in [0.5, 0.6) is 0 Å². The molecule has 0 aliphatic carbocycles. The first kappa shape index (κ1) is 45.6. The molecule has 0 aliphatic rings. The van der Waals surface area contributed by atoms with Gasteiger partial charge in [-0.15, -0.1) is 0 Å². The highest BCUT2D eigenvalue weighted by Crippen LogP contribution is 2.25. The zero-order valence-corrected chi connectivity index (χ0v) is 34.7. The van der Waals surface area contributed by atoms with Gasteiger partial charge in [0.25, 0.3) is 0 Å². The fourth-order valence-corrected chi connectivity index (χ4v) is 8.42. The summed E-state index contributed by atoms with van der Waals surface area (Å²) in [5.74, 6) is 0. The molecule has 1 nitrogen and oxygen atoms in total. The van der Waals surface area contributed by atoms with Gasteiger partial charge in [-0.25, -0.2) is 0 Å². The van der Waals surface area contributed by atoms with Crippen LogP contribution in [0.15, 0.2) is 60.7 Å². The molecule has 0 N–H and O–H groups in total. The van der Waals surface area contributed by atoms with E-state index >= 15 is 0 Å². The second kappa shape index (κ2) is 34.2. The van der Waals surface area contributed by atoms with Crippen LogP contribution in [0.1, 0.15) is 230 Å². The van der Waals surface area contributed by atoms with Crippen molar-refractivity contribution in [2.75, 3.05) is 13.1 Å². The molecule has 0 aliphatic heterocycles. The van der Waals surface area contributed by atoms with Gasteiger partial charge in [0, 0.05) is 11.1 Å². The number of hydrogen-bond acceptors (Lipinski definition) is 0. The predicted molar refractivity (Wildman–Crippen MR) is 229 cm³/mol. The van der Waals surface area contributed by atoms with Crippen LogP contribution in [0.3, 0.4) is 0 Å². The summed E-state index contributed by atoms with van der Waals surface area (Å²) in [4.78, 5) is 0. The van der Waals surface area contributed by atoms with E-state index in [2.05, 4.69) is 74.5 Å². The maximum absolute atomic E-state index is 2.37.